The fourth-order valence-corrected chi connectivity index (χ4v) is 3.23. The fraction of sp³-hybridized carbons (Fsp3) is 0.333. The van der Waals surface area contributed by atoms with Crippen molar-refractivity contribution in [3.8, 4) is 22.9 Å². The minimum absolute atomic E-state index is 0.226. The van der Waals surface area contributed by atoms with E-state index in [4.69, 9.17) is 14.2 Å². The SMILES string of the molecule is CCOc1ccc(CCNc2nccn(-c3ccccc3OCC)c2=O)cc1OCC. The van der Waals surface area contributed by atoms with Gasteiger partial charge in [-0.25, -0.2) is 4.98 Å². The summed E-state index contributed by atoms with van der Waals surface area (Å²) in [6, 6.07) is 13.4. The highest BCUT2D eigenvalue weighted by atomic mass is 16.5. The van der Waals surface area contributed by atoms with Gasteiger partial charge < -0.3 is 19.5 Å². The first-order chi connectivity index (χ1) is 15.2. The largest absolute Gasteiger partial charge is 0.492 e. The first-order valence-electron chi connectivity index (χ1n) is 10.6. The summed E-state index contributed by atoms with van der Waals surface area (Å²) in [6.07, 6.45) is 3.96. The number of nitrogens with zero attached hydrogens (tertiary/aromatic N) is 2. The van der Waals surface area contributed by atoms with Crippen molar-refractivity contribution in [3.05, 3.63) is 70.8 Å². The van der Waals surface area contributed by atoms with Crippen LogP contribution in [0.3, 0.4) is 0 Å². The second kappa shape index (κ2) is 11.1. The van der Waals surface area contributed by atoms with Crippen LogP contribution in [0.1, 0.15) is 26.3 Å². The molecule has 0 bridgehead atoms. The number of aromatic nitrogens is 2. The molecule has 0 atom stereocenters. The second-order valence-electron chi connectivity index (χ2n) is 6.68. The van der Waals surface area contributed by atoms with E-state index < -0.39 is 0 Å². The van der Waals surface area contributed by atoms with Gasteiger partial charge in [-0.2, -0.15) is 0 Å². The molecule has 7 heteroatoms. The van der Waals surface area contributed by atoms with Crippen LogP contribution in [0.15, 0.2) is 59.7 Å². The van der Waals surface area contributed by atoms with E-state index >= 15 is 0 Å². The first kappa shape index (κ1) is 22.2. The topological polar surface area (TPSA) is 74.6 Å². The number of hydrogen-bond acceptors (Lipinski definition) is 6. The van der Waals surface area contributed by atoms with E-state index in [-0.39, 0.29) is 5.56 Å². The zero-order valence-electron chi connectivity index (χ0n) is 18.3. The summed E-state index contributed by atoms with van der Waals surface area (Å²) in [5.41, 5.74) is 1.54. The Kier molecular flexibility index (Phi) is 7.92. The highest BCUT2D eigenvalue weighted by Gasteiger charge is 2.11. The lowest BCUT2D eigenvalue weighted by molar-refractivity contribution is 0.287. The molecule has 3 rings (SSSR count). The Morgan fingerprint density at radius 3 is 2.39 bits per heavy atom. The third kappa shape index (κ3) is 5.57. The summed E-state index contributed by atoms with van der Waals surface area (Å²) >= 11 is 0. The van der Waals surface area contributed by atoms with Crippen LogP contribution in [0.25, 0.3) is 5.69 Å². The van der Waals surface area contributed by atoms with E-state index in [2.05, 4.69) is 10.3 Å². The maximum absolute atomic E-state index is 13.0. The number of anilines is 1. The first-order valence-corrected chi connectivity index (χ1v) is 10.6. The molecule has 0 aliphatic heterocycles. The molecule has 0 radical (unpaired) electrons. The predicted molar refractivity (Wildman–Crippen MR) is 122 cm³/mol. The van der Waals surface area contributed by atoms with Gasteiger partial charge in [-0.05, 0) is 57.0 Å². The summed E-state index contributed by atoms with van der Waals surface area (Å²) in [4.78, 5) is 17.2. The second-order valence-corrected chi connectivity index (χ2v) is 6.68. The Balaban J connectivity index is 1.73. The van der Waals surface area contributed by atoms with Crippen LogP contribution in [0.4, 0.5) is 5.82 Å². The van der Waals surface area contributed by atoms with Crippen LogP contribution in [0.5, 0.6) is 17.2 Å². The van der Waals surface area contributed by atoms with Crippen molar-refractivity contribution in [2.24, 2.45) is 0 Å². The summed E-state index contributed by atoms with van der Waals surface area (Å²) in [5, 5.41) is 3.16. The Hall–Kier alpha value is -3.48. The maximum atomic E-state index is 13.0. The van der Waals surface area contributed by atoms with Crippen LogP contribution in [0.2, 0.25) is 0 Å². The minimum Gasteiger partial charge on any atom is -0.492 e. The average molecular weight is 424 g/mol. The zero-order valence-corrected chi connectivity index (χ0v) is 18.3. The zero-order chi connectivity index (χ0) is 22.1. The molecule has 1 N–H and O–H groups in total. The van der Waals surface area contributed by atoms with Gasteiger partial charge >= 0.3 is 0 Å². The quantitative estimate of drug-likeness (QED) is 0.501. The van der Waals surface area contributed by atoms with Gasteiger partial charge in [0.15, 0.2) is 17.3 Å². The van der Waals surface area contributed by atoms with Gasteiger partial charge in [0, 0.05) is 18.9 Å². The van der Waals surface area contributed by atoms with E-state index in [1.165, 1.54) is 0 Å². The molecule has 2 aromatic carbocycles. The molecule has 0 aliphatic carbocycles. The lowest BCUT2D eigenvalue weighted by Gasteiger charge is -2.14. The van der Waals surface area contributed by atoms with E-state index in [0.29, 0.717) is 50.0 Å². The molecule has 0 aliphatic rings. The number of rotatable bonds is 11. The van der Waals surface area contributed by atoms with Gasteiger partial charge in [0.05, 0.1) is 25.5 Å². The van der Waals surface area contributed by atoms with E-state index in [1.54, 1.807) is 17.0 Å². The third-order valence-electron chi connectivity index (χ3n) is 4.58. The molecular weight excluding hydrogens is 394 g/mol. The standard InChI is InChI=1S/C24H29N3O4/c1-4-29-20-10-8-7-9-19(20)27-16-15-26-23(24(27)28)25-14-13-18-11-12-21(30-5-2)22(17-18)31-6-3/h7-12,15-17H,4-6,13-14H2,1-3H3,(H,25,26). The Morgan fingerprint density at radius 2 is 1.61 bits per heavy atom. The maximum Gasteiger partial charge on any atom is 0.297 e. The highest BCUT2D eigenvalue weighted by molar-refractivity contribution is 5.48. The molecule has 0 fully saturated rings. The van der Waals surface area contributed by atoms with Gasteiger partial charge in [-0.15, -0.1) is 0 Å². The molecule has 0 spiro atoms. The third-order valence-corrected chi connectivity index (χ3v) is 4.58. The number of hydrogen-bond donors (Lipinski definition) is 1. The lowest BCUT2D eigenvalue weighted by Crippen LogP contribution is -2.24. The molecule has 0 saturated heterocycles. The average Bonchev–Trinajstić information content (AvgIpc) is 2.78. The Labute approximate surface area is 182 Å². The molecule has 31 heavy (non-hydrogen) atoms. The summed E-state index contributed by atoms with van der Waals surface area (Å²) in [5.74, 6) is 2.42. The molecule has 164 valence electrons. The number of ether oxygens (including phenoxy) is 3. The number of para-hydroxylation sites is 2. The van der Waals surface area contributed by atoms with Crippen LogP contribution >= 0.6 is 0 Å². The fourth-order valence-electron chi connectivity index (χ4n) is 3.23. The van der Waals surface area contributed by atoms with Gasteiger partial charge in [-0.3, -0.25) is 9.36 Å². The van der Waals surface area contributed by atoms with Crippen molar-refractivity contribution in [1.82, 2.24) is 9.55 Å². The minimum atomic E-state index is -0.226. The molecule has 0 amide bonds. The van der Waals surface area contributed by atoms with Crippen molar-refractivity contribution < 1.29 is 14.2 Å². The van der Waals surface area contributed by atoms with Crippen molar-refractivity contribution in [1.29, 1.82) is 0 Å². The molecular formula is C24H29N3O4. The van der Waals surface area contributed by atoms with Gasteiger partial charge in [0.2, 0.25) is 0 Å². The normalized spacial score (nSPS) is 10.5. The van der Waals surface area contributed by atoms with E-state index in [0.717, 1.165) is 17.1 Å². The summed E-state index contributed by atoms with van der Waals surface area (Å²) in [7, 11) is 0. The van der Waals surface area contributed by atoms with Crippen LogP contribution in [-0.2, 0) is 6.42 Å². The smallest absolute Gasteiger partial charge is 0.297 e. The molecule has 7 nitrogen and oxygen atoms in total. The summed E-state index contributed by atoms with van der Waals surface area (Å²) < 4.78 is 18.5. The molecule has 0 saturated carbocycles. The van der Waals surface area contributed by atoms with E-state index in [1.807, 2.05) is 63.2 Å². The van der Waals surface area contributed by atoms with Crippen LogP contribution in [-0.4, -0.2) is 35.9 Å². The van der Waals surface area contributed by atoms with Crippen LogP contribution in [0, 0.1) is 0 Å². The molecule has 1 aromatic heterocycles. The number of benzene rings is 2. The van der Waals surface area contributed by atoms with Crippen molar-refractivity contribution in [2.45, 2.75) is 27.2 Å². The molecule has 0 unspecified atom stereocenters. The Morgan fingerprint density at radius 1 is 0.903 bits per heavy atom. The number of nitrogens with one attached hydrogen (secondary N) is 1. The highest BCUT2D eigenvalue weighted by Crippen LogP contribution is 2.28. The predicted octanol–water partition coefficient (Wildman–Crippen LogP) is 4.08. The van der Waals surface area contributed by atoms with Crippen molar-refractivity contribution >= 4 is 5.82 Å². The molecule has 3 aromatic rings. The van der Waals surface area contributed by atoms with Crippen molar-refractivity contribution in [3.63, 3.8) is 0 Å². The monoisotopic (exact) mass is 423 g/mol. The van der Waals surface area contributed by atoms with Gasteiger partial charge in [0.25, 0.3) is 5.56 Å². The molecule has 1 heterocycles. The summed E-state index contributed by atoms with van der Waals surface area (Å²) in [6.45, 7) is 8.03. The Bertz CT molecular complexity index is 1050. The lowest BCUT2D eigenvalue weighted by atomic mass is 10.1. The van der Waals surface area contributed by atoms with Gasteiger partial charge in [-0.1, -0.05) is 18.2 Å². The van der Waals surface area contributed by atoms with Crippen molar-refractivity contribution in [2.75, 3.05) is 31.7 Å². The van der Waals surface area contributed by atoms with E-state index in [9.17, 15) is 4.79 Å². The van der Waals surface area contributed by atoms with Crippen LogP contribution < -0.4 is 25.1 Å². The van der Waals surface area contributed by atoms with Gasteiger partial charge in [0.1, 0.15) is 5.75 Å².